The average molecular weight is 246 g/mol. The summed E-state index contributed by atoms with van der Waals surface area (Å²) in [6.07, 6.45) is 0. The Kier molecular flexibility index (Phi) is 5.09. The van der Waals surface area contributed by atoms with E-state index in [1.54, 1.807) is 20.8 Å². The van der Waals surface area contributed by atoms with Gasteiger partial charge >= 0.3 is 11.9 Å². The van der Waals surface area contributed by atoms with Crippen LogP contribution in [0.1, 0.15) is 20.8 Å². The normalized spacial score (nSPS) is 12.9. The van der Waals surface area contributed by atoms with E-state index in [4.69, 9.17) is 15.9 Å². The van der Waals surface area contributed by atoms with Crippen molar-refractivity contribution in [3.05, 3.63) is 0 Å². The first-order chi connectivity index (χ1) is 7.55. The molecule has 0 aliphatic rings. The number of nitrogens with zero attached hydrogens (tertiary/aromatic N) is 1. The maximum absolute atomic E-state index is 11.8. The van der Waals surface area contributed by atoms with Crippen LogP contribution in [0.25, 0.3) is 0 Å². The molecule has 1 atom stereocenters. The van der Waals surface area contributed by atoms with E-state index in [2.05, 4.69) is 0 Å². The lowest BCUT2D eigenvalue weighted by Gasteiger charge is -2.30. The van der Waals surface area contributed by atoms with Crippen LogP contribution in [-0.4, -0.2) is 52.1 Å². The summed E-state index contributed by atoms with van der Waals surface area (Å²) in [6, 6.07) is -0.943. The Morgan fingerprint density at radius 3 is 1.71 bits per heavy atom. The lowest BCUT2D eigenvalue weighted by atomic mass is 9.86. The number of carbonyl (C=O) groups is 3. The number of carbonyl (C=O) groups excluding carboxylic acids is 1. The van der Waals surface area contributed by atoms with Gasteiger partial charge in [-0.05, 0) is 5.41 Å². The van der Waals surface area contributed by atoms with Gasteiger partial charge in [0, 0.05) is 0 Å². The zero-order valence-electron chi connectivity index (χ0n) is 10.1. The molecule has 0 aliphatic carbocycles. The van der Waals surface area contributed by atoms with Crippen molar-refractivity contribution >= 4 is 17.8 Å². The third-order valence-corrected chi connectivity index (χ3v) is 2.16. The molecule has 0 heterocycles. The van der Waals surface area contributed by atoms with E-state index in [1.165, 1.54) is 0 Å². The van der Waals surface area contributed by atoms with Crippen LogP contribution in [-0.2, 0) is 14.4 Å². The molecule has 0 aromatic carbocycles. The van der Waals surface area contributed by atoms with Crippen molar-refractivity contribution in [2.75, 3.05) is 13.1 Å². The molecule has 0 unspecified atom stereocenters. The minimum absolute atomic E-state index is 0.563. The van der Waals surface area contributed by atoms with Gasteiger partial charge in [0.1, 0.15) is 13.1 Å². The fraction of sp³-hybridized carbons (Fsp3) is 0.700. The molecule has 0 bridgehead atoms. The highest BCUT2D eigenvalue weighted by molar-refractivity contribution is 5.88. The highest BCUT2D eigenvalue weighted by atomic mass is 16.4. The Bertz CT molecular complexity index is 305. The van der Waals surface area contributed by atoms with Crippen LogP contribution in [0.3, 0.4) is 0 Å². The predicted octanol–water partition coefficient (Wildman–Crippen LogP) is -0.642. The average Bonchev–Trinajstić information content (AvgIpc) is 2.11. The van der Waals surface area contributed by atoms with E-state index in [-0.39, 0.29) is 0 Å². The lowest BCUT2D eigenvalue weighted by molar-refractivity contribution is -0.150. The first-order valence-electron chi connectivity index (χ1n) is 5.03. The van der Waals surface area contributed by atoms with Gasteiger partial charge in [-0.1, -0.05) is 20.8 Å². The molecule has 0 fully saturated rings. The van der Waals surface area contributed by atoms with Crippen LogP contribution < -0.4 is 5.73 Å². The van der Waals surface area contributed by atoms with Gasteiger partial charge in [-0.2, -0.15) is 0 Å². The monoisotopic (exact) mass is 246 g/mol. The molecule has 0 rings (SSSR count). The van der Waals surface area contributed by atoms with E-state index in [0.717, 1.165) is 4.90 Å². The van der Waals surface area contributed by atoms with Crippen molar-refractivity contribution in [1.29, 1.82) is 0 Å². The van der Waals surface area contributed by atoms with Crippen LogP contribution in [0.15, 0.2) is 0 Å². The summed E-state index contributed by atoms with van der Waals surface area (Å²) in [5, 5.41) is 17.2. The minimum atomic E-state index is -1.28. The third kappa shape index (κ3) is 5.30. The van der Waals surface area contributed by atoms with Gasteiger partial charge in [-0.3, -0.25) is 14.4 Å². The van der Waals surface area contributed by atoms with Gasteiger partial charge in [0.15, 0.2) is 0 Å². The topological polar surface area (TPSA) is 121 Å². The molecular weight excluding hydrogens is 228 g/mol. The van der Waals surface area contributed by atoms with E-state index in [0.29, 0.717) is 0 Å². The number of carboxylic acids is 2. The Labute approximate surface area is 99.2 Å². The smallest absolute Gasteiger partial charge is 0.323 e. The fourth-order valence-corrected chi connectivity index (χ4v) is 1.11. The standard InChI is InChI=1S/C10H18N2O5/c1-10(2,3)8(11)9(17)12(4-6(13)14)5-7(15)16/h8H,4-5,11H2,1-3H3,(H,13,14)(H,15,16)/t8-/m0/s1. The highest BCUT2D eigenvalue weighted by Gasteiger charge is 2.32. The molecular formula is C10H18N2O5. The van der Waals surface area contributed by atoms with Crippen LogP contribution >= 0.6 is 0 Å². The van der Waals surface area contributed by atoms with Gasteiger partial charge in [-0.15, -0.1) is 0 Å². The Morgan fingerprint density at radius 2 is 1.47 bits per heavy atom. The first kappa shape index (κ1) is 15.4. The van der Waals surface area contributed by atoms with Gasteiger partial charge in [0.25, 0.3) is 0 Å². The van der Waals surface area contributed by atoms with Gasteiger partial charge in [-0.25, -0.2) is 0 Å². The molecule has 4 N–H and O–H groups in total. The van der Waals surface area contributed by atoms with E-state index in [1.807, 2.05) is 0 Å². The molecule has 17 heavy (non-hydrogen) atoms. The maximum atomic E-state index is 11.8. The number of aliphatic carboxylic acids is 2. The highest BCUT2D eigenvalue weighted by Crippen LogP contribution is 2.19. The van der Waals surface area contributed by atoms with Crippen molar-refractivity contribution < 1.29 is 24.6 Å². The largest absolute Gasteiger partial charge is 0.480 e. The molecule has 0 aromatic heterocycles. The zero-order chi connectivity index (χ0) is 13.8. The van der Waals surface area contributed by atoms with Crippen molar-refractivity contribution in [1.82, 2.24) is 4.90 Å². The van der Waals surface area contributed by atoms with Gasteiger partial charge in [0.2, 0.25) is 5.91 Å². The van der Waals surface area contributed by atoms with E-state index >= 15 is 0 Å². The van der Waals surface area contributed by atoms with Crippen molar-refractivity contribution in [3.63, 3.8) is 0 Å². The number of nitrogens with two attached hydrogens (primary N) is 1. The molecule has 0 saturated heterocycles. The first-order valence-corrected chi connectivity index (χ1v) is 5.03. The second kappa shape index (κ2) is 5.62. The van der Waals surface area contributed by atoms with Crippen LogP contribution in [0.4, 0.5) is 0 Å². The summed E-state index contributed by atoms with van der Waals surface area (Å²) in [6.45, 7) is 3.81. The second-order valence-corrected chi connectivity index (χ2v) is 4.83. The SMILES string of the molecule is CC(C)(C)[C@@H](N)C(=O)N(CC(=O)O)CC(=O)O. The summed E-state index contributed by atoms with van der Waals surface area (Å²) in [7, 11) is 0. The molecule has 1 amide bonds. The van der Waals surface area contributed by atoms with Crippen molar-refractivity contribution in [3.8, 4) is 0 Å². The summed E-state index contributed by atoms with van der Waals surface area (Å²) in [4.78, 5) is 33.6. The molecule has 7 heteroatoms. The molecule has 7 nitrogen and oxygen atoms in total. The molecule has 98 valence electrons. The van der Waals surface area contributed by atoms with Crippen LogP contribution in [0.5, 0.6) is 0 Å². The van der Waals surface area contributed by atoms with E-state index < -0.39 is 42.4 Å². The van der Waals surface area contributed by atoms with Crippen LogP contribution in [0.2, 0.25) is 0 Å². The molecule has 0 aromatic rings. The number of hydrogen-bond acceptors (Lipinski definition) is 4. The number of hydrogen-bond donors (Lipinski definition) is 3. The Morgan fingerprint density at radius 1 is 1.12 bits per heavy atom. The molecule has 0 aliphatic heterocycles. The summed E-state index contributed by atoms with van der Waals surface area (Å²) in [5.41, 5.74) is 5.11. The van der Waals surface area contributed by atoms with Crippen molar-refractivity contribution in [2.45, 2.75) is 26.8 Å². The summed E-state index contributed by atoms with van der Waals surface area (Å²) >= 11 is 0. The summed E-state index contributed by atoms with van der Waals surface area (Å²) < 4.78 is 0. The Hall–Kier alpha value is -1.63. The summed E-state index contributed by atoms with van der Waals surface area (Å²) in [5.74, 6) is -3.23. The fourth-order valence-electron chi connectivity index (χ4n) is 1.11. The van der Waals surface area contributed by atoms with Gasteiger partial charge < -0.3 is 20.8 Å². The number of amides is 1. The zero-order valence-corrected chi connectivity index (χ0v) is 10.1. The van der Waals surface area contributed by atoms with Gasteiger partial charge in [0.05, 0.1) is 6.04 Å². The molecule has 0 saturated carbocycles. The van der Waals surface area contributed by atoms with Crippen molar-refractivity contribution in [2.24, 2.45) is 11.1 Å². The number of rotatable bonds is 5. The maximum Gasteiger partial charge on any atom is 0.323 e. The molecule has 0 spiro atoms. The molecule has 0 radical (unpaired) electrons. The quantitative estimate of drug-likeness (QED) is 0.593. The second-order valence-electron chi connectivity index (χ2n) is 4.83. The lowest BCUT2D eigenvalue weighted by Crippen LogP contribution is -2.52. The van der Waals surface area contributed by atoms with E-state index in [9.17, 15) is 14.4 Å². The van der Waals surface area contributed by atoms with Crippen LogP contribution in [0, 0.1) is 5.41 Å². The predicted molar refractivity (Wildman–Crippen MR) is 59.3 cm³/mol. The number of carboxylic acid groups (broad SMARTS) is 2. The Balaban J connectivity index is 4.86. The minimum Gasteiger partial charge on any atom is -0.480 e. The third-order valence-electron chi connectivity index (χ3n) is 2.16.